The van der Waals surface area contributed by atoms with Gasteiger partial charge in [-0.15, -0.1) is 0 Å². The van der Waals surface area contributed by atoms with Crippen LogP contribution in [0.3, 0.4) is 0 Å². The molecule has 1 N–H and O–H groups in total. The summed E-state index contributed by atoms with van der Waals surface area (Å²) in [4.78, 5) is 11.4. The molecule has 0 amide bonds. The number of aliphatic hydroxyl groups excluding tert-OH is 1. The van der Waals surface area contributed by atoms with E-state index in [9.17, 15) is 9.90 Å². The summed E-state index contributed by atoms with van der Waals surface area (Å²) in [6, 6.07) is 7.42. The van der Waals surface area contributed by atoms with Crippen molar-refractivity contribution in [1.82, 2.24) is 0 Å². The number of rotatable bonds is 3. The third kappa shape index (κ3) is 2.02. The molecule has 0 saturated heterocycles. The van der Waals surface area contributed by atoms with E-state index >= 15 is 0 Å². The molecule has 80 valence electrons. The fourth-order valence-electron chi connectivity index (χ4n) is 1.83. The lowest BCUT2D eigenvalue weighted by molar-refractivity contribution is 0.0333. The van der Waals surface area contributed by atoms with Crippen LogP contribution >= 0.6 is 0 Å². The summed E-state index contributed by atoms with van der Waals surface area (Å²) in [5, 5.41) is 9.19. The molecule has 1 aliphatic rings. The Morgan fingerprint density at radius 3 is 2.93 bits per heavy atom. The predicted molar refractivity (Wildman–Crippen MR) is 55.5 cm³/mol. The van der Waals surface area contributed by atoms with Crippen molar-refractivity contribution in [3.8, 4) is 0 Å². The SMILES string of the molecule is C[C@H](O)CC[C@H]1OC(=O)c2ccccc21. The predicted octanol–water partition coefficient (Wildman–Crippen LogP) is 2.06. The summed E-state index contributed by atoms with van der Waals surface area (Å²) >= 11 is 0. The first-order valence-electron chi connectivity index (χ1n) is 5.16. The zero-order chi connectivity index (χ0) is 10.8. The molecule has 0 bridgehead atoms. The van der Waals surface area contributed by atoms with Crippen molar-refractivity contribution in [2.75, 3.05) is 0 Å². The fourth-order valence-corrected chi connectivity index (χ4v) is 1.83. The highest BCUT2D eigenvalue weighted by molar-refractivity contribution is 5.93. The van der Waals surface area contributed by atoms with Gasteiger partial charge in [-0.05, 0) is 25.8 Å². The average molecular weight is 206 g/mol. The van der Waals surface area contributed by atoms with Gasteiger partial charge in [-0.1, -0.05) is 18.2 Å². The number of hydrogen-bond acceptors (Lipinski definition) is 3. The minimum Gasteiger partial charge on any atom is -0.454 e. The molecule has 1 heterocycles. The van der Waals surface area contributed by atoms with Crippen LogP contribution in [0.1, 0.15) is 41.8 Å². The number of aliphatic hydroxyl groups is 1. The highest BCUT2D eigenvalue weighted by Crippen LogP contribution is 2.33. The standard InChI is InChI=1S/C12H14O3/c1-8(13)6-7-11-9-4-2-3-5-10(9)12(14)15-11/h2-5,8,11,13H,6-7H2,1H3/t8-,11+/m0/s1. The lowest BCUT2D eigenvalue weighted by atomic mass is 10.0. The van der Waals surface area contributed by atoms with Crippen LogP contribution in [0.4, 0.5) is 0 Å². The number of hydrogen-bond donors (Lipinski definition) is 1. The summed E-state index contributed by atoms with van der Waals surface area (Å²) < 4.78 is 5.23. The van der Waals surface area contributed by atoms with Gasteiger partial charge in [0.1, 0.15) is 6.10 Å². The molecule has 1 aromatic carbocycles. The molecule has 2 atom stereocenters. The molecule has 0 aromatic heterocycles. The smallest absolute Gasteiger partial charge is 0.339 e. The quantitative estimate of drug-likeness (QED) is 0.770. The van der Waals surface area contributed by atoms with Gasteiger partial charge >= 0.3 is 5.97 Å². The number of benzene rings is 1. The van der Waals surface area contributed by atoms with Crippen molar-refractivity contribution in [3.05, 3.63) is 35.4 Å². The van der Waals surface area contributed by atoms with E-state index in [1.807, 2.05) is 18.2 Å². The lowest BCUT2D eigenvalue weighted by Gasteiger charge is -2.11. The number of esters is 1. The maximum Gasteiger partial charge on any atom is 0.339 e. The molecule has 0 aliphatic carbocycles. The Balaban J connectivity index is 2.14. The highest BCUT2D eigenvalue weighted by Gasteiger charge is 2.30. The Labute approximate surface area is 88.7 Å². The molecule has 1 aromatic rings. The minimum absolute atomic E-state index is 0.178. The molecular weight excluding hydrogens is 192 g/mol. The van der Waals surface area contributed by atoms with Gasteiger partial charge in [0.15, 0.2) is 0 Å². The van der Waals surface area contributed by atoms with E-state index in [1.54, 1.807) is 13.0 Å². The lowest BCUT2D eigenvalue weighted by Crippen LogP contribution is -2.05. The Morgan fingerprint density at radius 1 is 1.47 bits per heavy atom. The first kappa shape index (κ1) is 10.2. The number of fused-ring (bicyclic) bond motifs is 1. The number of carbonyl (C=O) groups excluding carboxylic acids is 1. The highest BCUT2D eigenvalue weighted by atomic mass is 16.5. The molecule has 1 aliphatic heterocycles. The van der Waals surface area contributed by atoms with Gasteiger partial charge in [0, 0.05) is 5.56 Å². The summed E-state index contributed by atoms with van der Waals surface area (Å²) in [7, 11) is 0. The van der Waals surface area contributed by atoms with Crippen LogP contribution < -0.4 is 0 Å². The van der Waals surface area contributed by atoms with E-state index in [1.165, 1.54) is 0 Å². The third-order valence-electron chi connectivity index (χ3n) is 2.62. The van der Waals surface area contributed by atoms with Crippen molar-refractivity contribution < 1.29 is 14.6 Å². The molecule has 0 saturated carbocycles. The molecule has 3 heteroatoms. The zero-order valence-electron chi connectivity index (χ0n) is 8.64. The van der Waals surface area contributed by atoms with Gasteiger partial charge in [0.25, 0.3) is 0 Å². The van der Waals surface area contributed by atoms with Gasteiger partial charge in [-0.25, -0.2) is 4.79 Å². The van der Waals surface area contributed by atoms with Gasteiger partial charge in [-0.3, -0.25) is 0 Å². The Hall–Kier alpha value is -1.35. The normalized spacial score (nSPS) is 20.9. The topological polar surface area (TPSA) is 46.5 Å². The van der Waals surface area contributed by atoms with Crippen LogP contribution in [0.2, 0.25) is 0 Å². The third-order valence-corrected chi connectivity index (χ3v) is 2.62. The van der Waals surface area contributed by atoms with Crippen molar-refractivity contribution in [2.45, 2.75) is 32.0 Å². The van der Waals surface area contributed by atoms with E-state index < -0.39 is 0 Å². The molecule has 15 heavy (non-hydrogen) atoms. The van der Waals surface area contributed by atoms with Crippen molar-refractivity contribution in [1.29, 1.82) is 0 Å². The van der Waals surface area contributed by atoms with E-state index in [0.717, 1.165) is 5.56 Å². The summed E-state index contributed by atoms with van der Waals surface area (Å²) in [5.41, 5.74) is 1.61. The number of cyclic esters (lactones) is 1. The monoisotopic (exact) mass is 206 g/mol. The number of carbonyl (C=O) groups is 1. The maximum atomic E-state index is 11.4. The Morgan fingerprint density at radius 2 is 2.20 bits per heavy atom. The first-order valence-corrected chi connectivity index (χ1v) is 5.16. The van der Waals surface area contributed by atoms with Gasteiger partial charge in [-0.2, -0.15) is 0 Å². The van der Waals surface area contributed by atoms with Crippen LogP contribution in [0, 0.1) is 0 Å². The Bertz CT molecular complexity index is 371. The molecule has 2 rings (SSSR count). The van der Waals surface area contributed by atoms with Crippen LogP contribution in [0.5, 0.6) is 0 Å². The molecular formula is C12H14O3. The second-order valence-electron chi connectivity index (χ2n) is 3.91. The summed E-state index contributed by atoms with van der Waals surface area (Å²) in [5.74, 6) is -0.249. The molecule has 0 spiro atoms. The van der Waals surface area contributed by atoms with Crippen molar-refractivity contribution >= 4 is 5.97 Å². The van der Waals surface area contributed by atoms with Crippen LogP contribution in [-0.4, -0.2) is 17.2 Å². The Kier molecular flexibility index (Phi) is 2.73. The van der Waals surface area contributed by atoms with Crippen LogP contribution in [0.25, 0.3) is 0 Å². The fraction of sp³-hybridized carbons (Fsp3) is 0.417. The first-order chi connectivity index (χ1) is 7.18. The average Bonchev–Trinajstić information content (AvgIpc) is 2.54. The van der Waals surface area contributed by atoms with Gasteiger partial charge < -0.3 is 9.84 Å². The molecule has 0 unspecified atom stereocenters. The largest absolute Gasteiger partial charge is 0.454 e. The number of ether oxygens (including phenoxy) is 1. The van der Waals surface area contributed by atoms with E-state index in [2.05, 4.69) is 0 Å². The van der Waals surface area contributed by atoms with E-state index in [-0.39, 0.29) is 18.2 Å². The maximum absolute atomic E-state index is 11.4. The molecule has 3 nitrogen and oxygen atoms in total. The van der Waals surface area contributed by atoms with Crippen molar-refractivity contribution in [2.24, 2.45) is 0 Å². The zero-order valence-corrected chi connectivity index (χ0v) is 8.64. The van der Waals surface area contributed by atoms with Crippen LogP contribution in [-0.2, 0) is 4.74 Å². The summed E-state index contributed by atoms with van der Waals surface area (Å²) in [6.45, 7) is 1.74. The van der Waals surface area contributed by atoms with E-state index in [4.69, 9.17) is 4.74 Å². The van der Waals surface area contributed by atoms with Gasteiger partial charge in [0.05, 0.1) is 11.7 Å². The molecule has 0 radical (unpaired) electrons. The van der Waals surface area contributed by atoms with Crippen LogP contribution in [0.15, 0.2) is 24.3 Å². The van der Waals surface area contributed by atoms with Crippen molar-refractivity contribution in [3.63, 3.8) is 0 Å². The minimum atomic E-state index is -0.350. The van der Waals surface area contributed by atoms with Gasteiger partial charge in [0.2, 0.25) is 0 Å². The summed E-state index contributed by atoms with van der Waals surface area (Å²) in [6.07, 6.45) is 0.798. The van der Waals surface area contributed by atoms with E-state index in [0.29, 0.717) is 18.4 Å². The second-order valence-corrected chi connectivity index (χ2v) is 3.91. The second kappa shape index (κ2) is 4.03. The molecule has 0 fully saturated rings.